The number of hydrogen-bond acceptors (Lipinski definition) is 2. The Hall–Kier alpha value is -0.890. The number of halogens is 1. The summed E-state index contributed by atoms with van der Waals surface area (Å²) in [6.07, 6.45) is 16.1. The first-order valence-corrected chi connectivity index (χ1v) is 9.73. The summed E-state index contributed by atoms with van der Waals surface area (Å²) in [5, 5.41) is 9.76. The van der Waals surface area contributed by atoms with Crippen LogP contribution in [-0.2, 0) is 0 Å². The molecule has 0 bridgehead atoms. The Morgan fingerprint density at radius 2 is 1.35 bits per heavy atom. The van der Waals surface area contributed by atoms with E-state index in [9.17, 15) is 5.11 Å². The molecule has 0 heterocycles. The van der Waals surface area contributed by atoms with Gasteiger partial charge in [-0.05, 0) is 18.6 Å². The third kappa shape index (κ3) is 10.5. The van der Waals surface area contributed by atoms with Crippen molar-refractivity contribution in [2.45, 2.75) is 84.0 Å². The van der Waals surface area contributed by atoms with Crippen LogP contribution in [0.15, 0.2) is 18.2 Å². The van der Waals surface area contributed by atoms with Crippen LogP contribution in [0.3, 0.4) is 0 Å². The topological polar surface area (TPSA) is 29.5 Å². The predicted octanol–water partition coefficient (Wildman–Crippen LogP) is 7.13. The molecule has 0 saturated carbocycles. The zero-order valence-electron chi connectivity index (χ0n) is 14.7. The average Bonchev–Trinajstić information content (AvgIpc) is 2.53. The van der Waals surface area contributed by atoms with E-state index in [4.69, 9.17) is 16.3 Å². The maximum absolute atomic E-state index is 9.28. The number of phenols is 1. The Labute approximate surface area is 147 Å². The Bertz CT molecular complexity index is 407. The van der Waals surface area contributed by atoms with Gasteiger partial charge in [0, 0.05) is 6.07 Å². The van der Waals surface area contributed by atoms with Crippen molar-refractivity contribution in [1.29, 1.82) is 0 Å². The van der Waals surface area contributed by atoms with E-state index >= 15 is 0 Å². The van der Waals surface area contributed by atoms with Gasteiger partial charge in [-0.3, -0.25) is 0 Å². The third-order valence-electron chi connectivity index (χ3n) is 4.17. The molecule has 2 nitrogen and oxygen atoms in total. The molecule has 0 fully saturated rings. The second-order valence-electron chi connectivity index (χ2n) is 6.35. The maximum Gasteiger partial charge on any atom is 0.138 e. The second-order valence-corrected chi connectivity index (χ2v) is 6.76. The van der Waals surface area contributed by atoms with E-state index in [-0.39, 0.29) is 5.75 Å². The predicted molar refractivity (Wildman–Crippen MR) is 99.7 cm³/mol. The van der Waals surface area contributed by atoms with Crippen LogP contribution in [0.2, 0.25) is 5.02 Å². The molecular formula is C20H33ClO2. The normalized spacial score (nSPS) is 10.9. The smallest absolute Gasteiger partial charge is 0.138 e. The summed E-state index contributed by atoms with van der Waals surface area (Å²) in [5.41, 5.74) is 0. The average molecular weight is 341 g/mol. The number of hydrogen-bond donors (Lipinski definition) is 1. The fourth-order valence-electron chi connectivity index (χ4n) is 2.73. The van der Waals surface area contributed by atoms with Crippen LogP contribution in [-0.4, -0.2) is 11.7 Å². The molecule has 0 aliphatic carbocycles. The molecule has 0 radical (unpaired) electrons. The first kappa shape index (κ1) is 20.2. The zero-order valence-corrected chi connectivity index (χ0v) is 15.4. The lowest BCUT2D eigenvalue weighted by atomic mass is 10.1. The van der Waals surface area contributed by atoms with Gasteiger partial charge < -0.3 is 9.84 Å². The van der Waals surface area contributed by atoms with Crippen LogP contribution < -0.4 is 4.74 Å². The van der Waals surface area contributed by atoms with Crippen molar-refractivity contribution in [1.82, 2.24) is 0 Å². The zero-order chi connectivity index (χ0) is 16.8. The highest BCUT2D eigenvalue weighted by Crippen LogP contribution is 2.28. The van der Waals surface area contributed by atoms with Crippen molar-refractivity contribution < 1.29 is 9.84 Å². The van der Waals surface area contributed by atoms with Crippen molar-refractivity contribution in [3.63, 3.8) is 0 Å². The van der Waals surface area contributed by atoms with Crippen LogP contribution in [0.5, 0.6) is 11.5 Å². The third-order valence-corrected chi connectivity index (χ3v) is 4.47. The lowest BCUT2D eigenvalue weighted by Crippen LogP contribution is -1.97. The molecule has 0 atom stereocenters. The van der Waals surface area contributed by atoms with E-state index in [1.54, 1.807) is 12.1 Å². The molecule has 0 unspecified atom stereocenters. The van der Waals surface area contributed by atoms with Crippen molar-refractivity contribution in [2.75, 3.05) is 6.61 Å². The van der Waals surface area contributed by atoms with Gasteiger partial charge in [0.15, 0.2) is 0 Å². The maximum atomic E-state index is 9.28. The Morgan fingerprint density at radius 3 is 1.87 bits per heavy atom. The molecule has 3 heteroatoms. The Kier molecular flexibility index (Phi) is 11.9. The molecular weight excluding hydrogens is 308 g/mol. The van der Waals surface area contributed by atoms with Crippen LogP contribution in [0.4, 0.5) is 0 Å². The summed E-state index contributed by atoms with van der Waals surface area (Å²) in [5.74, 6) is 0.834. The minimum atomic E-state index is 0.174. The van der Waals surface area contributed by atoms with E-state index in [0.29, 0.717) is 17.4 Å². The van der Waals surface area contributed by atoms with Gasteiger partial charge >= 0.3 is 0 Å². The number of benzene rings is 1. The molecule has 1 aromatic carbocycles. The van der Waals surface area contributed by atoms with Gasteiger partial charge in [0.05, 0.1) is 11.6 Å². The van der Waals surface area contributed by atoms with Crippen LogP contribution in [0, 0.1) is 0 Å². The summed E-state index contributed by atoms with van der Waals surface area (Å²) in [7, 11) is 0. The van der Waals surface area contributed by atoms with E-state index in [2.05, 4.69) is 6.92 Å². The molecule has 0 aliphatic rings. The lowest BCUT2D eigenvalue weighted by molar-refractivity contribution is 0.304. The van der Waals surface area contributed by atoms with Crippen molar-refractivity contribution >= 4 is 11.6 Å². The molecule has 23 heavy (non-hydrogen) atoms. The van der Waals surface area contributed by atoms with Gasteiger partial charge in [0.1, 0.15) is 11.5 Å². The van der Waals surface area contributed by atoms with Gasteiger partial charge in [0.2, 0.25) is 0 Å². The first-order valence-electron chi connectivity index (χ1n) is 9.35. The number of ether oxygens (including phenoxy) is 1. The molecule has 0 amide bonds. The minimum absolute atomic E-state index is 0.174. The number of aromatic hydroxyl groups is 1. The van der Waals surface area contributed by atoms with Gasteiger partial charge in [-0.2, -0.15) is 0 Å². The van der Waals surface area contributed by atoms with Crippen LogP contribution in [0.1, 0.15) is 84.0 Å². The highest BCUT2D eigenvalue weighted by molar-refractivity contribution is 6.32. The summed E-state index contributed by atoms with van der Waals surface area (Å²) in [6.45, 7) is 2.96. The summed E-state index contributed by atoms with van der Waals surface area (Å²) >= 11 is 6.00. The highest BCUT2D eigenvalue weighted by Gasteiger charge is 2.02. The minimum Gasteiger partial charge on any atom is -0.508 e. The fourth-order valence-corrected chi connectivity index (χ4v) is 2.96. The van der Waals surface area contributed by atoms with E-state index in [1.807, 2.05) is 0 Å². The van der Waals surface area contributed by atoms with E-state index in [0.717, 1.165) is 6.42 Å². The van der Waals surface area contributed by atoms with Gasteiger partial charge in [0.25, 0.3) is 0 Å². The molecule has 1 N–H and O–H groups in total. The fraction of sp³-hybridized carbons (Fsp3) is 0.700. The second kappa shape index (κ2) is 13.5. The summed E-state index contributed by atoms with van der Waals surface area (Å²) < 4.78 is 5.64. The molecule has 0 saturated heterocycles. The van der Waals surface area contributed by atoms with Gasteiger partial charge in [-0.15, -0.1) is 0 Å². The number of unbranched alkanes of at least 4 members (excludes halogenated alkanes) is 11. The Morgan fingerprint density at radius 1 is 0.826 bits per heavy atom. The summed E-state index contributed by atoms with van der Waals surface area (Å²) in [4.78, 5) is 0. The summed E-state index contributed by atoms with van der Waals surface area (Å²) in [6, 6.07) is 4.83. The van der Waals surface area contributed by atoms with Gasteiger partial charge in [-0.25, -0.2) is 0 Å². The van der Waals surface area contributed by atoms with Crippen molar-refractivity contribution in [2.24, 2.45) is 0 Å². The lowest BCUT2D eigenvalue weighted by Gasteiger charge is -2.08. The monoisotopic (exact) mass is 340 g/mol. The molecule has 132 valence electrons. The quantitative estimate of drug-likeness (QED) is 0.365. The standard InChI is InChI=1S/C20H33ClO2/c1-2-3-4-5-6-7-8-9-10-11-12-13-16-23-20-15-14-18(22)17-19(20)21/h14-15,17,22H,2-13,16H2,1H3. The molecule has 1 aromatic rings. The van der Waals surface area contributed by atoms with Crippen molar-refractivity contribution in [3.8, 4) is 11.5 Å². The largest absolute Gasteiger partial charge is 0.508 e. The highest BCUT2D eigenvalue weighted by atomic mass is 35.5. The Balaban J connectivity index is 1.86. The number of rotatable bonds is 14. The van der Waals surface area contributed by atoms with Crippen molar-refractivity contribution in [3.05, 3.63) is 23.2 Å². The van der Waals surface area contributed by atoms with Gasteiger partial charge in [-0.1, -0.05) is 89.2 Å². The van der Waals surface area contributed by atoms with E-state index in [1.165, 1.54) is 76.7 Å². The van der Waals surface area contributed by atoms with Crippen LogP contribution in [0.25, 0.3) is 0 Å². The molecule has 0 aliphatic heterocycles. The first-order chi connectivity index (χ1) is 11.2. The molecule has 0 spiro atoms. The van der Waals surface area contributed by atoms with Crippen LogP contribution >= 0.6 is 11.6 Å². The molecule has 1 rings (SSSR count). The number of phenolic OH excluding ortho intramolecular Hbond substituents is 1. The molecule has 0 aromatic heterocycles. The van der Waals surface area contributed by atoms with E-state index < -0.39 is 0 Å². The SMILES string of the molecule is CCCCCCCCCCCCCCOc1ccc(O)cc1Cl.